The molecular formula is C14H14BrN5O3. The van der Waals surface area contributed by atoms with E-state index in [2.05, 4.69) is 31.2 Å². The van der Waals surface area contributed by atoms with Crippen LogP contribution in [0.3, 0.4) is 0 Å². The molecule has 2 heterocycles. The van der Waals surface area contributed by atoms with E-state index in [-0.39, 0.29) is 11.5 Å². The molecule has 0 atom stereocenters. The maximum atomic E-state index is 11.5. The summed E-state index contributed by atoms with van der Waals surface area (Å²) in [4.78, 5) is 21.1. The summed E-state index contributed by atoms with van der Waals surface area (Å²) in [6, 6.07) is 7.31. The molecule has 0 unspecified atom stereocenters. The largest absolute Gasteiger partial charge is 0.378 e. The van der Waals surface area contributed by atoms with Crippen LogP contribution in [0.25, 0.3) is 0 Å². The summed E-state index contributed by atoms with van der Waals surface area (Å²) in [7, 11) is 0. The van der Waals surface area contributed by atoms with E-state index in [1.54, 1.807) is 0 Å². The van der Waals surface area contributed by atoms with Crippen molar-refractivity contribution in [2.45, 2.75) is 0 Å². The van der Waals surface area contributed by atoms with Crippen LogP contribution in [0.5, 0.6) is 0 Å². The first kappa shape index (κ1) is 15.6. The highest BCUT2D eigenvalue weighted by molar-refractivity contribution is 9.10. The number of halogens is 1. The Labute approximate surface area is 140 Å². The summed E-state index contributed by atoms with van der Waals surface area (Å²) in [5.74, 6) is 0.488. The number of ether oxygens (including phenoxy) is 1. The summed E-state index contributed by atoms with van der Waals surface area (Å²) < 4.78 is 6.21. The van der Waals surface area contributed by atoms with Crippen LogP contribution in [-0.4, -0.2) is 41.2 Å². The molecule has 1 aliphatic rings. The van der Waals surface area contributed by atoms with Gasteiger partial charge in [-0.2, -0.15) is 0 Å². The first-order valence-electron chi connectivity index (χ1n) is 7.00. The minimum Gasteiger partial charge on any atom is -0.378 e. The second kappa shape index (κ2) is 6.88. The lowest BCUT2D eigenvalue weighted by molar-refractivity contribution is -0.383. The molecule has 1 N–H and O–H groups in total. The first-order chi connectivity index (χ1) is 11.1. The average molecular weight is 380 g/mol. The van der Waals surface area contributed by atoms with Crippen LogP contribution >= 0.6 is 15.9 Å². The molecular weight excluding hydrogens is 366 g/mol. The highest BCUT2D eigenvalue weighted by atomic mass is 79.9. The van der Waals surface area contributed by atoms with Gasteiger partial charge in [-0.1, -0.05) is 15.9 Å². The first-order valence-corrected chi connectivity index (χ1v) is 7.79. The number of benzene rings is 1. The second-order valence-corrected chi connectivity index (χ2v) is 5.80. The lowest BCUT2D eigenvalue weighted by Crippen LogP contribution is -2.37. The Morgan fingerprint density at radius 2 is 1.91 bits per heavy atom. The van der Waals surface area contributed by atoms with Gasteiger partial charge in [0.2, 0.25) is 11.6 Å². The van der Waals surface area contributed by atoms with Gasteiger partial charge in [0, 0.05) is 23.2 Å². The van der Waals surface area contributed by atoms with E-state index in [1.165, 1.54) is 6.33 Å². The molecule has 23 heavy (non-hydrogen) atoms. The van der Waals surface area contributed by atoms with Crippen LogP contribution in [0, 0.1) is 10.1 Å². The maximum absolute atomic E-state index is 11.5. The summed E-state index contributed by atoms with van der Waals surface area (Å²) >= 11 is 3.35. The van der Waals surface area contributed by atoms with E-state index >= 15 is 0 Å². The van der Waals surface area contributed by atoms with Gasteiger partial charge in [0.1, 0.15) is 6.33 Å². The third-order valence-corrected chi connectivity index (χ3v) is 3.93. The van der Waals surface area contributed by atoms with Crippen molar-refractivity contribution in [2.75, 3.05) is 36.5 Å². The van der Waals surface area contributed by atoms with Crippen LogP contribution in [0.15, 0.2) is 35.1 Å². The van der Waals surface area contributed by atoms with Gasteiger partial charge in [0.25, 0.3) is 0 Å². The number of nitrogens with one attached hydrogen (secondary N) is 1. The zero-order valence-corrected chi connectivity index (χ0v) is 13.7. The summed E-state index contributed by atoms with van der Waals surface area (Å²) in [6.07, 6.45) is 1.33. The molecule has 1 aromatic carbocycles. The van der Waals surface area contributed by atoms with Crippen LogP contribution in [0.2, 0.25) is 0 Å². The van der Waals surface area contributed by atoms with Crippen molar-refractivity contribution in [3.63, 3.8) is 0 Å². The monoisotopic (exact) mass is 379 g/mol. The summed E-state index contributed by atoms with van der Waals surface area (Å²) in [6.45, 7) is 2.18. The number of nitro groups is 1. The van der Waals surface area contributed by atoms with E-state index in [0.717, 1.165) is 4.47 Å². The molecule has 0 bridgehead atoms. The van der Waals surface area contributed by atoms with Crippen LogP contribution in [-0.2, 0) is 4.74 Å². The van der Waals surface area contributed by atoms with Gasteiger partial charge in [0.15, 0.2) is 0 Å². The highest BCUT2D eigenvalue weighted by Gasteiger charge is 2.28. The lowest BCUT2D eigenvalue weighted by Gasteiger charge is -2.27. The van der Waals surface area contributed by atoms with Gasteiger partial charge in [0.05, 0.1) is 18.1 Å². The van der Waals surface area contributed by atoms with Crippen molar-refractivity contribution in [3.05, 3.63) is 45.2 Å². The van der Waals surface area contributed by atoms with Crippen molar-refractivity contribution < 1.29 is 9.66 Å². The quantitative estimate of drug-likeness (QED) is 0.644. The van der Waals surface area contributed by atoms with Crippen molar-refractivity contribution in [1.29, 1.82) is 0 Å². The summed E-state index contributed by atoms with van der Waals surface area (Å²) in [5, 5.41) is 14.5. The van der Waals surface area contributed by atoms with Crippen LogP contribution in [0.1, 0.15) is 0 Å². The highest BCUT2D eigenvalue weighted by Crippen LogP contribution is 2.33. The fourth-order valence-electron chi connectivity index (χ4n) is 2.31. The predicted molar refractivity (Wildman–Crippen MR) is 89.1 cm³/mol. The van der Waals surface area contributed by atoms with E-state index < -0.39 is 4.92 Å². The zero-order chi connectivity index (χ0) is 16.2. The number of anilines is 3. The van der Waals surface area contributed by atoms with Crippen molar-refractivity contribution in [2.24, 2.45) is 0 Å². The van der Waals surface area contributed by atoms with Gasteiger partial charge < -0.3 is 15.0 Å². The Morgan fingerprint density at radius 3 is 2.57 bits per heavy atom. The zero-order valence-electron chi connectivity index (χ0n) is 12.1. The Bertz CT molecular complexity index is 704. The van der Waals surface area contributed by atoms with Gasteiger partial charge in [-0.3, -0.25) is 10.1 Å². The fraction of sp³-hybridized carbons (Fsp3) is 0.286. The molecule has 0 saturated carbocycles. The van der Waals surface area contributed by atoms with Gasteiger partial charge in [-0.15, -0.1) is 0 Å². The molecule has 1 aromatic heterocycles. The Morgan fingerprint density at radius 1 is 1.22 bits per heavy atom. The lowest BCUT2D eigenvalue weighted by atomic mass is 10.3. The number of hydrogen-bond acceptors (Lipinski definition) is 7. The Hall–Kier alpha value is -2.26. The van der Waals surface area contributed by atoms with Gasteiger partial charge in [-0.25, -0.2) is 9.97 Å². The molecule has 3 rings (SSSR count). The normalized spacial score (nSPS) is 14.6. The number of hydrogen-bond donors (Lipinski definition) is 1. The molecule has 1 saturated heterocycles. The van der Waals surface area contributed by atoms with Crippen molar-refractivity contribution >= 4 is 38.9 Å². The van der Waals surface area contributed by atoms with Crippen molar-refractivity contribution in [1.82, 2.24) is 9.97 Å². The third-order valence-electron chi connectivity index (χ3n) is 3.40. The van der Waals surface area contributed by atoms with Crippen LogP contribution < -0.4 is 10.2 Å². The van der Waals surface area contributed by atoms with E-state index in [1.807, 2.05) is 29.2 Å². The fourth-order valence-corrected chi connectivity index (χ4v) is 2.57. The SMILES string of the molecule is O=[N+]([O-])c1c(Nc2ccc(Br)cc2)ncnc1N1CCOCC1. The van der Waals surface area contributed by atoms with E-state index in [9.17, 15) is 10.1 Å². The topological polar surface area (TPSA) is 93.4 Å². The molecule has 120 valence electrons. The summed E-state index contributed by atoms with van der Waals surface area (Å²) in [5.41, 5.74) is 0.584. The molecule has 0 aliphatic carbocycles. The Balaban J connectivity index is 1.95. The molecule has 2 aromatic rings. The van der Waals surface area contributed by atoms with Gasteiger partial charge in [-0.05, 0) is 24.3 Å². The molecule has 0 spiro atoms. The molecule has 0 radical (unpaired) electrons. The molecule has 1 aliphatic heterocycles. The maximum Gasteiger partial charge on any atom is 0.353 e. The number of aromatic nitrogens is 2. The smallest absolute Gasteiger partial charge is 0.353 e. The number of morpholine rings is 1. The van der Waals surface area contributed by atoms with E-state index in [0.29, 0.717) is 37.8 Å². The van der Waals surface area contributed by atoms with E-state index in [4.69, 9.17) is 4.74 Å². The molecule has 8 nitrogen and oxygen atoms in total. The molecule has 1 fully saturated rings. The minimum absolute atomic E-state index is 0.127. The van der Waals surface area contributed by atoms with Gasteiger partial charge >= 0.3 is 5.69 Å². The Kier molecular flexibility index (Phi) is 4.68. The second-order valence-electron chi connectivity index (χ2n) is 4.88. The minimum atomic E-state index is -0.452. The number of rotatable bonds is 4. The molecule has 9 heteroatoms. The van der Waals surface area contributed by atoms with Crippen molar-refractivity contribution in [3.8, 4) is 0 Å². The predicted octanol–water partition coefficient (Wildman–Crippen LogP) is 2.73. The molecule has 0 amide bonds. The average Bonchev–Trinajstić information content (AvgIpc) is 2.57. The van der Waals surface area contributed by atoms with Crippen LogP contribution in [0.4, 0.5) is 23.0 Å². The number of nitrogens with zero attached hydrogens (tertiary/aromatic N) is 4. The standard InChI is InChI=1S/C14H14BrN5O3/c15-10-1-3-11(4-2-10)18-13-12(20(21)22)14(17-9-16-13)19-5-7-23-8-6-19/h1-4,9H,5-8H2,(H,16,17,18). The third kappa shape index (κ3) is 3.57.